The van der Waals surface area contributed by atoms with E-state index >= 15 is 0 Å². The molecule has 2 amide bonds. The Bertz CT molecular complexity index is 412. The Hall–Kier alpha value is -1.84. The summed E-state index contributed by atoms with van der Waals surface area (Å²) in [6.07, 6.45) is 1.48. The number of carbonyl (C=O) groups is 2. The highest BCUT2D eigenvalue weighted by Gasteiger charge is 2.29. The highest BCUT2D eigenvalue weighted by Crippen LogP contribution is 2.30. The number of methoxy groups -OCH3 is 1. The van der Waals surface area contributed by atoms with Crippen molar-refractivity contribution in [2.75, 3.05) is 12.0 Å². The van der Waals surface area contributed by atoms with Crippen LogP contribution in [0.1, 0.15) is 19.3 Å². The van der Waals surface area contributed by atoms with Gasteiger partial charge in [0.1, 0.15) is 5.75 Å². The number of rotatable bonds is 2. The fourth-order valence-electron chi connectivity index (χ4n) is 1.84. The number of piperidine rings is 1. The molecule has 0 unspecified atom stereocenters. The standard InChI is InChI=1S/C12H13NO3/c1-16-10-6-3-2-5-9(10)13-11(14)7-4-8-12(13)15/h2-3,5-6H,4,7-8H2,1H3. The summed E-state index contributed by atoms with van der Waals surface area (Å²) in [7, 11) is 1.53. The summed E-state index contributed by atoms with van der Waals surface area (Å²) < 4.78 is 5.15. The smallest absolute Gasteiger partial charge is 0.233 e. The number of ether oxygens (including phenoxy) is 1. The molecule has 1 aromatic rings. The van der Waals surface area contributed by atoms with Gasteiger partial charge in [-0.05, 0) is 18.6 Å². The average molecular weight is 219 g/mol. The number of para-hydroxylation sites is 2. The second-order valence-corrected chi connectivity index (χ2v) is 3.65. The van der Waals surface area contributed by atoms with E-state index in [4.69, 9.17) is 4.74 Å². The summed E-state index contributed by atoms with van der Waals surface area (Å²) >= 11 is 0. The number of imide groups is 1. The van der Waals surface area contributed by atoms with Crippen molar-refractivity contribution < 1.29 is 14.3 Å². The molecule has 0 saturated carbocycles. The maximum Gasteiger partial charge on any atom is 0.233 e. The van der Waals surface area contributed by atoms with Crippen molar-refractivity contribution in [2.45, 2.75) is 19.3 Å². The van der Waals surface area contributed by atoms with Gasteiger partial charge in [-0.15, -0.1) is 0 Å². The Labute approximate surface area is 93.8 Å². The van der Waals surface area contributed by atoms with Crippen LogP contribution in [0.4, 0.5) is 5.69 Å². The first-order chi connectivity index (χ1) is 7.74. The van der Waals surface area contributed by atoms with Crippen molar-refractivity contribution in [1.82, 2.24) is 0 Å². The van der Waals surface area contributed by atoms with Crippen LogP contribution in [0.25, 0.3) is 0 Å². The molecule has 1 fully saturated rings. The predicted octanol–water partition coefficient (Wildman–Crippen LogP) is 1.74. The zero-order chi connectivity index (χ0) is 11.5. The third-order valence-electron chi connectivity index (χ3n) is 2.61. The Morgan fingerprint density at radius 1 is 1.12 bits per heavy atom. The Morgan fingerprint density at radius 3 is 2.38 bits per heavy atom. The molecule has 4 heteroatoms. The van der Waals surface area contributed by atoms with E-state index in [1.165, 1.54) is 12.0 Å². The normalized spacial score (nSPS) is 16.4. The molecular weight excluding hydrogens is 206 g/mol. The Balaban J connectivity index is 2.41. The van der Waals surface area contributed by atoms with Gasteiger partial charge in [0.25, 0.3) is 0 Å². The van der Waals surface area contributed by atoms with Gasteiger partial charge in [0.05, 0.1) is 12.8 Å². The van der Waals surface area contributed by atoms with E-state index in [0.717, 1.165) is 0 Å². The number of anilines is 1. The van der Waals surface area contributed by atoms with E-state index in [2.05, 4.69) is 0 Å². The van der Waals surface area contributed by atoms with E-state index in [-0.39, 0.29) is 11.8 Å². The first-order valence-corrected chi connectivity index (χ1v) is 5.23. The van der Waals surface area contributed by atoms with Gasteiger partial charge >= 0.3 is 0 Å². The Morgan fingerprint density at radius 2 is 1.75 bits per heavy atom. The number of hydrogen-bond donors (Lipinski definition) is 0. The second kappa shape index (κ2) is 4.35. The van der Waals surface area contributed by atoms with Gasteiger partial charge in [0.2, 0.25) is 11.8 Å². The summed E-state index contributed by atoms with van der Waals surface area (Å²) in [5.74, 6) is 0.243. The quantitative estimate of drug-likeness (QED) is 0.712. The lowest BCUT2D eigenvalue weighted by atomic mass is 10.1. The highest BCUT2D eigenvalue weighted by molar-refractivity contribution is 6.17. The lowest BCUT2D eigenvalue weighted by molar-refractivity contribution is -0.129. The third-order valence-corrected chi connectivity index (χ3v) is 2.61. The summed E-state index contributed by atoms with van der Waals surface area (Å²) in [5.41, 5.74) is 0.541. The van der Waals surface area contributed by atoms with Crippen molar-refractivity contribution in [1.29, 1.82) is 0 Å². The summed E-state index contributed by atoms with van der Waals surface area (Å²) in [5, 5.41) is 0. The predicted molar refractivity (Wildman–Crippen MR) is 59.3 cm³/mol. The topological polar surface area (TPSA) is 46.6 Å². The van der Waals surface area contributed by atoms with Crippen molar-refractivity contribution in [2.24, 2.45) is 0 Å². The van der Waals surface area contributed by atoms with Crippen LogP contribution in [0.5, 0.6) is 5.75 Å². The minimum atomic E-state index is -0.152. The van der Waals surface area contributed by atoms with Crippen LogP contribution in [0.15, 0.2) is 24.3 Å². The third kappa shape index (κ3) is 1.78. The lowest BCUT2D eigenvalue weighted by Crippen LogP contribution is -2.40. The summed E-state index contributed by atoms with van der Waals surface area (Å²) in [6.45, 7) is 0. The minimum Gasteiger partial charge on any atom is -0.495 e. The van der Waals surface area contributed by atoms with Gasteiger partial charge in [-0.25, -0.2) is 4.90 Å². The highest BCUT2D eigenvalue weighted by atomic mass is 16.5. The van der Waals surface area contributed by atoms with Gasteiger partial charge in [0, 0.05) is 12.8 Å². The lowest BCUT2D eigenvalue weighted by Gasteiger charge is -2.26. The zero-order valence-electron chi connectivity index (χ0n) is 9.10. The van der Waals surface area contributed by atoms with Crippen LogP contribution < -0.4 is 9.64 Å². The fourth-order valence-corrected chi connectivity index (χ4v) is 1.84. The van der Waals surface area contributed by atoms with E-state index < -0.39 is 0 Å². The van der Waals surface area contributed by atoms with Crippen LogP contribution >= 0.6 is 0 Å². The molecule has 0 bridgehead atoms. The summed E-state index contributed by atoms with van der Waals surface area (Å²) in [4.78, 5) is 24.7. The molecule has 1 heterocycles. The molecule has 16 heavy (non-hydrogen) atoms. The molecule has 1 aromatic carbocycles. The van der Waals surface area contributed by atoms with Crippen molar-refractivity contribution >= 4 is 17.5 Å². The molecule has 0 aliphatic carbocycles. The first kappa shape index (κ1) is 10.7. The number of amides is 2. The molecule has 1 aliphatic rings. The van der Waals surface area contributed by atoms with E-state index in [1.807, 2.05) is 0 Å². The molecule has 84 valence electrons. The maximum absolute atomic E-state index is 11.7. The molecule has 0 spiro atoms. The molecule has 2 rings (SSSR count). The first-order valence-electron chi connectivity index (χ1n) is 5.23. The molecule has 1 saturated heterocycles. The SMILES string of the molecule is COc1ccccc1N1C(=O)CCCC1=O. The van der Waals surface area contributed by atoms with Crippen LogP contribution in [0.2, 0.25) is 0 Å². The van der Waals surface area contributed by atoms with Crippen LogP contribution in [0, 0.1) is 0 Å². The zero-order valence-corrected chi connectivity index (χ0v) is 9.10. The number of carbonyl (C=O) groups excluding carboxylic acids is 2. The Kier molecular flexibility index (Phi) is 2.90. The largest absolute Gasteiger partial charge is 0.495 e. The van der Waals surface area contributed by atoms with Gasteiger partial charge < -0.3 is 4.74 Å². The van der Waals surface area contributed by atoms with Gasteiger partial charge in [-0.1, -0.05) is 12.1 Å². The number of nitrogens with zero attached hydrogens (tertiary/aromatic N) is 1. The molecule has 0 N–H and O–H groups in total. The molecule has 0 aromatic heterocycles. The van der Waals surface area contributed by atoms with Crippen LogP contribution in [-0.4, -0.2) is 18.9 Å². The average Bonchev–Trinajstić information content (AvgIpc) is 2.29. The number of benzene rings is 1. The number of hydrogen-bond acceptors (Lipinski definition) is 3. The maximum atomic E-state index is 11.7. The van der Waals surface area contributed by atoms with Gasteiger partial charge in [-0.3, -0.25) is 9.59 Å². The molecule has 0 atom stereocenters. The minimum absolute atomic E-state index is 0.152. The van der Waals surface area contributed by atoms with Gasteiger partial charge in [0.15, 0.2) is 0 Å². The fraction of sp³-hybridized carbons (Fsp3) is 0.333. The monoisotopic (exact) mass is 219 g/mol. The van der Waals surface area contributed by atoms with E-state index in [9.17, 15) is 9.59 Å². The molecule has 4 nitrogen and oxygen atoms in total. The van der Waals surface area contributed by atoms with E-state index in [1.54, 1.807) is 24.3 Å². The van der Waals surface area contributed by atoms with Crippen molar-refractivity contribution in [3.05, 3.63) is 24.3 Å². The van der Waals surface area contributed by atoms with E-state index in [0.29, 0.717) is 30.7 Å². The van der Waals surface area contributed by atoms with Crippen molar-refractivity contribution in [3.63, 3.8) is 0 Å². The molecular formula is C12H13NO3. The van der Waals surface area contributed by atoms with Crippen molar-refractivity contribution in [3.8, 4) is 5.75 Å². The van der Waals surface area contributed by atoms with Gasteiger partial charge in [-0.2, -0.15) is 0 Å². The molecule has 1 aliphatic heterocycles. The second-order valence-electron chi connectivity index (χ2n) is 3.65. The summed E-state index contributed by atoms with van der Waals surface area (Å²) in [6, 6.07) is 7.05. The molecule has 0 radical (unpaired) electrons. The van der Waals surface area contributed by atoms with Crippen LogP contribution in [0.3, 0.4) is 0 Å². The van der Waals surface area contributed by atoms with Crippen LogP contribution in [-0.2, 0) is 9.59 Å².